The van der Waals surface area contributed by atoms with Crippen LogP contribution in [0.25, 0.3) is 21.3 Å². The molecule has 17 heteroatoms. The van der Waals surface area contributed by atoms with E-state index in [2.05, 4.69) is 22.2 Å². The number of Topliss-reactive ketones (excluding diaryl/α,β-unsaturated/α-hetero) is 2. The van der Waals surface area contributed by atoms with Crippen LogP contribution in [0.4, 0.5) is 28.9 Å². The Morgan fingerprint density at radius 2 is 1.75 bits per heavy atom. The number of fused-ring (bicyclic) bond motifs is 2. The summed E-state index contributed by atoms with van der Waals surface area (Å²) in [4.78, 5) is 63.9. The van der Waals surface area contributed by atoms with Crippen LogP contribution in [0.3, 0.4) is 0 Å². The molecular weight excluding hydrogens is 791 g/mol. The van der Waals surface area contributed by atoms with Crippen molar-refractivity contribution in [3.8, 4) is 5.75 Å². The molecule has 2 aliphatic carbocycles. The van der Waals surface area contributed by atoms with Crippen LogP contribution in [0, 0.1) is 11.7 Å². The van der Waals surface area contributed by atoms with E-state index in [0.29, 0.717) is 53.2 Å². The molecule has 8 rings (SSSR count). The maximum absolute atomic E-state index is 15.6. The number of hydrogen-bond donors (Lipinski definition) is 1. The molecule has 1 atom stereocenters. The lowest BCUT2D eigenvalue weighted by Gasteiger charge is -2.40. The summed E-state index contributed by atoms with van der Waals surface area (Å²) < 4.78 is 64.4. The largest absolute Gasteiger partial charge is 0.494 e. The quantitative estimate of drug-likeness (QED) is 0.119. The molecule has 3 fully saturated rings. The normalized spacial score (nSPS) is 20.9. The Balaban J connectivity index is 0.876. The van der Waals surface area contributed by atoms with E-state index in [9.17, 15) is 32.3 Å². The number of carbonyl (C=O) groups excluding carboxylic acids is 3. The van der Waals surface area contributed by atoms with Gasteiger partial charge in [0, 0.05) is 51.1 Å². The molecule has 3 aromatic heterocycles. The van der Waals surface area contributed by atoms with Gasteiger partial charge in [0.05, 0.1) is 57.2 Å². The minimum Gasteiger partial charge on any atom is -0.494 e. The maximum atomic E-state index is 15.6. The highest BCUT2D eigenvalue weighted by molar-refractivity contribution is 7.18. The summed E-state index contributed by atoms with van der Waals surface area (Å²) in [6, 6.07) is 9.16. The van der Waals surface area contributed by atoms with Gasteiger partial charge in [-0.3, -0.25) is 23.5 Å². The van der Waals surface area contributed by atoms with E-state index in [1.807, 2.05) is 4.90 Å². The average molecular weight is 836 g/mol. The van der Waals surface area contributed by atoms with Gasteiger partial charge in [0.25, 0.3) is 5.91 Å². The van der Waals surface area contributed by atoms with Gasteiger partial charge in [0.15, 0.2) is 5.78 Å². The molecule has 1 unspecified atom stereocenters. The number of aryl methyl sites for hydroxylation is 1. The van der Waals surface area contributed by atoms with Crippen molar-refractivity contribution >= 4 is 61.4 Å². The molecule has 59 heavy (non-hydrogen) atoms. The van der Waals surface area contributed by atoms with Crippen LogP contribution in [-0.2, 0) is 22.8 Å². The van der Waals surface area contributed by atoms with E-state index in [-0.39, 0.29) is 48.1 Å². The number of halogens is 4. The lowest BCUT2D eigenvalue weighted by atomic mass is 9.82. The lowest BCUT2D eigenvalue weighted by molar-refractivity contribution is -0.141. The Bertz CT molecular complexity index is 2500. The van der Waals surface area contributed by atoms with E-state index >= 15 is 4.39 Å². The topological polar surface area (TPSA) is 132 Å². The first-order valence-corrected chi connectivity index (χ1v) is 20.7. The number of anilines is 2. The monoisotopic (exact) mass is 835 g/mol. The molecule has 0 radical (unpaired) electrons. The second kappa shape index (κ2) is 16.1. The third-order valence-electron chi connectivity index (χ3n) is 12.3. The van der Waals surface area contributed by atoms with Crippen LogP contribution in [0.1, 0.15) is 90.9 Å². The summed E-state index contributed by atoms with van der Waals surface area (Å²) in [6.45, 7) is 2.17. The number of amides is 1. The number of thiazole rings is 1. The van der Waals surface area contributed by atoms with Gasteiger partial charge >= 0.3 is 11.9 Å². The van der Waals surface area contributed by atoms with E-state index in [0.717, 1.165) is 72.4 Å². The number of hydrogen-bond acceptors (Lipinski definition) is 10. The van der Waals surface area contributed by atoms with E-state index in [4.69, 9.17) is 9.72 Å². The Morgan fingerprint density at radius 3 is 2.44 bits per heavy atom. The fraction of sp³-hybridized carbons (Fsp3) is 0.476. The number of piperidine rings is 1. The third kappa shape index (κ3) is 7.98. The van der Waals surface area contributed by atoms with Gasteiger partial charge < -0.3 is 19.9 Å². The van der Waals surface area contributed by atoms with Crippen molar-refractivity contribution in [1.29, 1.82) is 0 Å². The summed E-state index contributed by atoms with van der Waals surface area (Å²) in [5.41, 5.74) is 0.486. The molecule has 4 heterocycles. The van der Waals surface area contributed by atoms with Crippen molar-refractivity contribution in [3.05, 3.63) is 75.2 Å². The second-order valence-corrected chi connectivity index (χ2v) is 17.1. The van der Waals surface area contributed by atoms with Crippen LogP contribution >= 0.6 is 11.3 Å². The number of nitrogens with one attached hydrogen (secondary N) is 1. The fourth-order valence-corrected chi connectivity index (χ4v) is 10.3. The van der Waals surface area contributed by atoms with Crippen molar-refractivity contribution in [2.45, 2.75) is 82.0 Å². The highest BCUT2D eigenvalue weighted by Gasteiger charge is 2.35. The molecule has 12 nitrogen and oxygen atoms in total. The molecule has 3 aliphatic rings. The molecule has 5 aromatic rings. The zero-order valence-electron chi connectivity index (χ0n) is 33.0. The van der Waals surface area contributed by atoms with Crippen LogP contribution in [-0.4, -0.2) is 81.3 Å². The van der Waals surface area contributed by atoms with Crippen LogP contribution < -0.4 is 20.6 Å². The number of rotatable bonds is 9. The number of imidazole rings is 1. The standard InChI is InChI=1S/C42H45F4N7O5S/c1-50(25-15-17-52(18-16-25)37-27(43)12-14-32-38(37)51(2)41(57)53(32)31-13-11-26(54)19-33(31)55)22-23-7-9-24(10-8-23)40-49-30-20-34(58-3)29(21-35(30)59-40)48-39(56)28-5-4-6-36(47-28)42(44,45)46/h4-6,12,14,20-21,23-25,31H,7-11,13,15-19,22H2,1-3H3,(H,48,56). The van der Waals surface area contributed by atoms with Crippen molar-refractivity contribution in [2.75, 3.05) is 44.0 Å². The molecule has 0 bridgehead atoms. The van der Waals surface area contributed by atoms with Gasteiger partial charge in [-0.1, -0.05) is 6.07 Å². The molecular formula is C42H45F4N7O5S. The zero-order valence-corrected chi connectivity index (χ0v) is 33.8. The Hall–Kier alpha value is -5.16. The van der Waals surface area contributed by atoms with Crippen molar-refractivity contribution in [2.24, 2.45) is 13.0 Å². The molecule has 1 N–H and O–H groups in total. The number of pyridine rings is 1. The summed E-state index contributed by atoms with van der Waals surface area (Å²) in [5, 5.41) is 3.66. The molecule has 2 aromatic carbocycles. The van der Waals surface area contributed by atoms with Gasteiger partial charge in [0.1, 0.15) is 28.7 Å². The van der Waals surface area contributed by atoms with Crippen molar-refractivity contribution in [1.82, 2.24) is 24.0 Å². The van der Waals surface area contributed by atoms with Gasteiger partial charge in [-0.05, 0) is 88.2 Å². The zero-order chi connectivity index (χ0) is 41.7. The number of ketones is 2. The number of carbonyl (C=O) groups is 3. The number of methoxy groups -OCH3 is 1. The summed E-state index contributed by atoms with van der Waals surface area (Å²) in [7, 11) is 5.22. The van der Waals surface area contributed by atoms with Gasteiger partial charge in [-0.2, -0.15) is 13.2 Å². The number of nitrogens with zero attached hydrogens (tertiary/aromatic N) is 6. The number of aromatic nitrogens is 4. The highest BCUT2D eigenvalue weighted by Crippen LogP contribution is 2.42. The van der Waals surface area contributed by atoms with Gasteiger partial charge in [-0.15, -0.1) is 11.3 Å². The van der Waals surface area contributed by atoms with Crippen LogP contribution in [0.2, 0.25) is 0 Å². The van der Waals surface area contributed by atoms with E-state index in [1.165, 1.54) is 28.4 Å². The lowest BCUT2D eigenvalue weighted by Crippen LogP contribution is -2.45. The van der Waals surface area contributed by atoms with Crippen LogP contribution in [0.15, 0.2) is 47.3 Å². The molecule has 1 aliphatic heterocycles. The summed E-state index contributed by atoms with van der Waals surface area (Å²) in [5.74, 6) is -0.477. The Morgan fingerprint density at radius 1 is 1.00 bits per heavy atom. The Labute approximate surface area is 341 Å². The summed E-state index contributed by atoms with van der Waals surface area (Å²) >= 11 is 1.54. The second-order valence-electron chi connectivity index (χ2n) is 16.0. The number of alkyl halides is 3. The third-order valence-corrected chi connectivity index (χ3v) is 13.5. The molecule has 0 spiro atoms. The smallest absolute Gasteiger partial charge is 0.433 e. The first kappa shape index (κ1) is 40.6. The minimum absolute atomic E-state index is 0.122. The molecule has 1 amide bonds. The summed E-state index contributed by atoms with van der Waals surface area (Å²) in [6.07, 6.45) is 1.31. The average Bonchev–Trinajstić information content (AvgIpc) is 3.74. The van der Waals surface area contributed by atoms with E-state index in [1.54, 1.807) is 36.6 Å². The fourth-order valence-electron chi connectivity index (χ4n) is 9.16. The molecule has 2 saturated carbocycles. The number of benzene rings is 2. The predicted molar refractivity (Wildman–Crippen MR) is 216 cm³/mol. The van der Waals surface area contributed by atoms with Crippen LogP contribution in [0.5, 0.6) is 5.75 Å². The van der Waals surface area contributed by atoms with Crippen molar-refractivity contribution < 1.29 is 36.7 Å². The highest BCUT2D eigenvalue weighted by atomic mass is 32.1. The van der Waals surface area contributed by atoms with Crippen molar-refractivity contribution in [3.63, 3.8) is 0 Å². The van der Waals surface area contributed by atoms with Gasteiger partial charge in [-0.25, -0.2) is 19.2 Å². The Kier molecular flexibility index (Phi) is 11.1. The molecule has 312 valence electrons. The first-order valence-electron chi connectivity index (χ1n) is 19.9. The first-order chi connectivity index (χ1) is 28.2. The maximum Gasteiger partial charge on any atom is 0.433 e. The molecule has 1 saturated heterocycles. The minimum atomic E-state index is -4.68. The van der Waals surface area contributed by atoms with E-state index < -0.39 is 29.6 Å². The predicted octanol–water partition coefficient (Wildman–Crippen LogP) is 7.50. The van der Waals surface area contributed by atoms with Gasteiger partial charge in [0.2, 0.25) is 0 Å². The SMILES string of the molecule is COc1cc2nc(C3CCC(CN(C)C4CCN(c5c(F)ccc6c5n(C)c(=O)n6C5CCC(=O)CC5=O)CC4)CC3)sc2cc1NC(=O)c1cccc(C(F)(F)F)n1. The number of ether oxygens (including phenoxy) is 1.